The zero-order valence-electron chi connectivity index (χ0n) is 23.9. The second-order valence-corrected chi connectivity index (χ2v) is 10.9. The summed E-state index contributed by atoms with van der Waals surface area (Å²) in [5.74, 6) is 0.412. The second kappa shape index (κ2) is 11.9. The van der Waals surface area contributed by atoms with Gasteiger partial charge in [0.2, 0.25) is 5.69 Å². The van der Waals surface area contributed by atoms with Crippen molar-refractivity contribution in [3.05, 3.63) is 112 Å². The molecule has 0 atom stereocenters. The molecule has 0 unspecified atom stereocenters. The SMILES string of the molecule is [C-]#[N+]c1cc(-c2ccccc2)c(-c2ccc(CN3CCC(n4c(=O)[nH]c5ccccc54)CC3)cc2)nc1/N=C/N(C)C. The average molecular weight is 556 g/mol. The lowest BCUT2D eigenvalue weighted by Gasteiger charge is -2.32. The Morgan fingerprint density at radius 1 is 1.00 bits per heavy atom. The van der Waals surface area contributed by atoms with E-state index in [1.54, 1.807) is 6.34 Å². The number of benzene rings is 3. The van der Waals surface area contributed by atoms with Gasteiger partial charge in [0.05, 0.1) is 29.6 Å². The fourth-order valence-electron chi connectivity index (χ4n) is 5.70. The van der Waals surface area contributed by atoms with Gasteiger partial charge in [-0.1, -0.05) is 66.7 Å². The van der Waals surface area contributed by atoms with E-state index < -0.39 is 0 Å². The van der Waals surface area contributed by atoms with Crippen molar-refractivity contribution in [2.75, 3.05) is 27.2 Å². The van der Waals surface area contributed by atoms with Gasteiger partial charge >= 0.3 is 5.69 Å². The van der Waals surface area contributed by atoms with Gasteiger partial charge in [-0.2, -0.15) is 0 Å². The third-order valence-electron chi connectivity index (χ3n) is 7.78. The Morgan fingerprint density at radius 2 is 1.71 bits per heavy atom. The van der Waals surface area contributed by atoms with Gasteiger partial charge in [0.15, 0.2) is 5.82 Å². The van der Waals surface area contributed by atoms with Crippen molar-refractivity contribution in [2.45, 2.75) is 25.4 Å². The molecule has 8 heteroatoms. The minimum Gasteiger partial charge on any atom is -0.369 e. The lowest BCUT2D eigenvalue weighted by atomic mass is 9.97. The van der Waals surface area contributed by atoms with Crippen molar-refractivity contribution in [1.82, 2.24) is 24.3 Å². The van der Waals surface area contributed by atoms with Crippen LogP contribution < -0.4 is 5.69 Å². The molecule has 0 amide bonds. The molecule has 1 N–H and O–H groups in total. The molecule has 0 aliphatic carbocycles. The quantitative estimate of drug-likeness (QED) is 0.138. The number of para-hydroxylation sites is 2. The Bertz CT molecular complexity index is 1820. The topological polar surface area (TPSA) is 73.9 Å². The molecule has 0 saturated carbocycles. The van der Waals surface area contributed by atoms with Crippen molar-refractivity contribution in [2.24, 2.45) is 4.99 Å². The Morgan fingerprint density at radius 3 is 2.43 bits per heavy atom. The van der Waals surface area contributed by atoms with E-state index in [1.165, 1.54) is 5.56 Å². The second-order valence-electron chi connectivity index (χ2n) is 10.9. The van der Waals surface area contributed by atoms with Gasteiger partial charge in [-0.05, 0) is 47.7 Å². The lowest BCUT2D eigenvalue weighted by molar-refractivity contribution is 0.180. The maximum Gasteiger partial charge on any atom is 0.326 e. The van der Waals surface area contributed by atoms with E-state index in [4.69, 9.17) is 11.6 Å². The first-order valence-corrected chi connectivity index (χ1v) is 14.2. The molecular weight excluding hydrogens is 522 g/mol. The normalized spacial score (nSPS) is 14.4. The van der Waals surface area contributed by atoms with Crippen molar-refractivity contribution in [1.29, 1.82) is 0 Å². The predicted octanol–water partition coefficient (Wildman–Crippen LogP) is 6.67. The minimum absolute atomic E-state index is 0.0197. The van der Waals surface area contributed by atoms with Gasteiger partial charge in [-0.25, -0.2) is 19.6 Å². The standard InChI is InChI=1S/C34H33N7O/c1-35-30-21-28(25-9-5-4-6-10-25)32(38-33(30)36-23-39(2)3)26-15-13-24(14-16-26)22-40-19-17-27(18-20-40)41-31-12-8-7-11-29(31)37-34(41)42/h4-16,21,23,27H,17-20,22H2,2-3H3,(H,37,42)/b36-23+. The average Bonchev–Trinajstić information content (AvgIpc) is 3.36. The Hall–Kier alpha value is -5.00. The summed E-state index contributed by atoms with van der Waals surface area (Å²) in [7, 11) is 3.78. The van der Waals surface area contributed by atoms with E-state index in [0.29, 0.717) is 11.5 Å². The van der Waals surface area contributed by atoms with Crippen LogP contribution in [0.2, 0.25) is 0 Å². The van der Waals surface area contributed by atoms with Crippen LogP contribution in [0.4, 0.5) is 11.5 Å². The highest BCUT2D eigenvalue weighted by atomic mass is 16.1. The fraction of sp³-hybridized carbons (Fsp3) is 0.235. The largest absolute Gasteiger partial charge is 0.369 e. The van der Waals surface area contributed by atoms with Crippen LogP contribution in [0.5, 0.6) is 0 Å². The molecule has 6 rings (SSSR count). The van der Waals surface area contributed by atoms with Crippen molar-refractivity contribution in [3.63, 3.8) is 0 Å². The van der Waals surface area contributed by atoms with Crippen LogP contribution in [0.1, 0.15) is 24.4 Å². The number of hydrogen-bond acceptors (Lipinski definition) is 4. The van der Waals surface area contributed by atoms with E-state index in [0.717, 1.165) is 65.9 Å². The van der Waals surface area contributed by atoms with E-state index in [9.17, 15) is 4.79 Å². The zero-order valence-corrected chi connectivity index (χ0v) is 23.9. The Kier molecular flexibility index (Phi) is 7.67. The number of imidazole rings is 1. The number of nitrogens with one attached hydrogen (secondary N) is 1. The number of nitrogens with zero attached hydrogens (tertiary/aromatic N) is 6. The molecule has 8 nitrogen and oxygen atoms in total. The van der Waals surface area contributed by atoms with Crippen LogP contribution in [0.25, 0.3) is 38.3 Å². The molecule has 1 saturated heterocycles. The summed E-state index contributed by atoms with van der Waals surface area (Å²) in [5, 5.41) is 0. The van der Waals surface area contributed by atoms with Gasteiger partial charge in [0.1, 0.15) is 0 Å². The molecule has 2 aromatic heterocycles. The first-order chi connectivity index (χ1) is 20.5. The number of fused-ring (bicyclic) bond motifs is 1. The maximum atomic E-state index is 12.7. The van der Waals surface area contributed by atoms with E-state index in [2.05, 4.69) is 44.0 Å². The van der Waals surface area contributed by atoms with Crippen molar-refractivity contribution in [3.8, 4) is 22.4 Å². The van der Waals surface area contributed by atoms with Crippen LogP contribution >= 0.6 is 0 Å². The summed E-state index contributed by atoms with van der Waals surface area (Å²) < 4.78 is 1.94. The molecule has 0 bridgehead atoms. The van der Waals surface area contributed by atoms with Crippen LogP contribution in [0.15, 0.2) is 94.7 Å². The van der Waals surface area contributed by atoms with Gasteiger partial charge in [-0.15, -0.1) is 0 Å². The third-order valence-corrected chi connectivity index (χ3v) is 7.78. The van der Waals surface area contributed by atoms with Gasteiger partial charge in [0, 0.05) is 45.3 Å². The Balaban J connectivity index is 1.21. The summed E-state index contributed by atoms with van der Waals surface area (Å²) in [5.41, 5.74) is 7.21. The number of likely N-dealkylation sites (tertiary alicyclic amines) is 1. The van der Waals surface area contributed by atoms with Gasteiger partial charge in [0.25, 0.3) is 0 Å². The molecule has 0 spiro atoms. The number of pyridine rings is 1. The zero-order chi connectivity index (χ0) is 29.1. The molecule has 0 radical (unpaired) electrons. The number of piperidine rings is 1. The summed E-state index contributed by atoms with van der Waals surface area (Å²) in [4.78, 5) is 33.0. The Labute approximate surface area is 245 Å². The fourth-order valence-corrected chi connectivity index (χ4v) is 5.70. The van der Waals surface area contributed by atoms with Gasteiger partial charge in [-0.3, -0.25) is 9.47 Å². The van der Waals surface area contributed by atoms with E-state index in [-0.39, 0.29) is 11.7 Å². The molecule has 3 aromatic carbocycles. The van der Waals surface area contributed by atoms with E-state index in [1.807, 2.05) is 84.2 Å². The molecular formula is C34H33N7O. The molecule has 1 aliphatic heterocycles. The first kappa shape index (κ1) is 27.2. The monoisotopic (exact) mass is 555 g/mol. The number of rotatable bonds is 7. The smallest absolute Gasteiger partial charge is 0.326 e. The molecule has 5 aromatic rings. The van der Waals surface area contributed by atoms with Crippen molar-refractivity contribution < 1.29 is 0 Å². The molecule has 1 fully saturated rings. The van der Waals surface area contributed by atoms with Crippen LogP contribution in [-0.2, 0) is 6.54 Å². The third kappa shape index (κ3) is 5.60. The molecule has 210 valence electrons. The molecule has 1 aliphatic rings. The number of aliphatic imine (C=N–C) groups is 1. The molecule has 3 heterocycles. The van der Waals surface area contributed by atoms with E-state index >= 15 is 0 Å². The number of H-pyrrole nitrogens is 1. The molecule has 42 heavy (non-hydrogen) atoms. The maximum absolute atomic E-state index is 12.7. The first-order valence-electron chi connectivity index (χ1n) is 14.2. The van der Waals surface area contributed by atoms with Gasteiger partial charge < -0.3 is 9.88 Å². The highest BCUT2D eigenvalue weighted by Gasteiger charge is 2.23. The van der Waals surface area contributed by atoms with Crippen LogP contribution in [0.3, 0.4) is 0 Å². The highest BCUT2D eigenvalue weighted by molar-refractivity contribution is 5.87. The number of aromatic amines is 1. The predicted molar refractivity (Wildman–Crippen MR) is 169 cm³/mol. The summed E-state index contributed by atoms with van der Waals surface area (Å²) in [6, 6.07) is 28.6. The summed E-state index contributed by atoms with van der Waals surface area (Å²) in [6.45, 7) is 10.4. The minimum atomic E-state index is -0.0197. The number of hydrogen-bond donors (Lipinski definition) is 1. The van der Waals surface area contributed by atoms with Crippen LogP contribution in [0, 0.1) is 6.57 Å². The summed E-state index contributed by atoms with van der Waals surface area (Å²) in [6.07, 6.45) is 3.55. The number of aromatic nitrogens is 3. The lowest BCUT2D eigenvalue weighted by Crippen LogP contribution is -2.36. The highest BCUT2D eigenvalue weighted by Crippen LogP contribution is 2.38. The summed E-state index contributed by atoms with van der Waals surface area (Å²) >= 11 is 0. The van der Waals surface area contributed by atoms with Crippen LogP contribution in [-0.4, -0.2) is 57.9 Å². The van der Waals surface area contributed by atoms with Crippen molar-refractivity contribution >= 4 is 28.9 Å².